The largest absolute Gasteiger partial charge is 0.482 e. The van der Waals surface area contributed by atoms with E-state index in [9.17, 15) is 27.5 Å². The summed E-state index contributed by atoms with van der Waals surface area (Å²) in [7, 11) is 0. The van der Waals surface area contributed by atoms with Gasteiger partial charge in [0.25, 0.3) is 5.56 Å². The average Bonchev–Trinajstić information content (AvgIpc) is 3.45. The van der Waals surface area contributed by atoms with Gasteiger partial charge in [-0.05, 0) is 42.2 Å². The molecule has 1 atom stereocenters. The lowest BCUT2D eigenvalue weighted by atomic mass is 10.0. The Kier molecular flexibility index (Phi) is 5.05. The second kappa shape index (κ2) is 7.43. The van der Waals surface area contributed by atoms with Gasteiger partial charge in [0.15, 0.2) is 6.61 Å². The van der Waals surface area contributed by atoms with Crippen LogP contribution in [0.25, 0.3) is 16.8 Å². The van der Waals surface area contributed by atoms with Crippen LogP contribution < -0.4 is 5.56 Å². The summed E-state index contributed by atoms with van der Waals surface area (Å²) in [6, 6.07) is 10.1. The van der Waals surface area contributed by atoms with Gasteiger partial charge in [-0.2, -0.15) is 13.2 Å². The summed E-state index contributed by atoms with van der Waals surface area (Å²) < 4.78 is 57.4. The van der Waals surface area contributed by atoms with Gasteiger partial charge in [-0.25, -0.2) is 4.39 Å². The molecular weight excluding hydrogens is 402 g/mol. The van der Waals surface area contributed by atoms with Crippen LogP contribution in [0.1, 0.15) is 24.8 Å². The van der Waals surface area contributed by atoms with Crippen molar-refractivity contribution in [3.63, 3.8) is 0 Å². The Labute approximate surface area is 169 Å². The highest BCUT2D eigenvalue weighted by Crippen LogP contribution is 2.45. The van der Waals surface area contributed by atoms with Gasteiger partial charge in [0.2, 0.25) is 0 Å². The molecule has 2 aliphatic rings. The number of halogens is 4. The molecule has 4 nitrogen and oxygen atoms in total. The Morgan fingerprint density at radius 2 is 1.87 bits per heavy atom. The summed E-state index contributed by atoms with van der Waals surface area (Å²) in [6.45, 7) is -1.58. The Hall–Kier alpha value is -2.87. The van der Waals surface area contributed by atoms with Crippen molar-refractivity contribution in [1.82, 2.24) is 4.57 Å². The second-order valence-corrected chi connectivity index (χ2v) is 7.48. The summed E-state index contributed by atoms with van der Waals surface area (Å²) in [6.07, 6.45) is -1.05. The first-order chi connectivity index (χ1) is 14.2. The second-order valence-electron chi connectivity index (χ2n) is 7.48. The number of ether oxygens (including phenoxy) is 1. The number of aromatic nitrogens is 1. The van der Waals surface area contributed by atoms with Crippen LogP contribution in [-0.2, 0) is 10.3 Å². The van der Waals surface area contributed by atoms with Crippen molar-refractivity contribution in [2.24, 2.45) is 0 Å². The maximum absolute atomic E-state index is 13.7. The van der Waals surface area contributed by atoms with Crippen molar-refractivity contribution in [2.45, 2.75) is 37.2 Å². The molecule has 0 amide bonds. The quantitative estimate of drug-likeness (QED) is 0.722. The lowest BCUT2D eigenvalue weighted by Crippen LogP contribution is -2.25. The zero-order valence-corrected chi connectivity index (χ0v) is 15.8. The van der Waals surface area contributed by atoms with Gasteiger partial charge in [0.05, 0.1) is 11.3 Å². The first kappa shape index (κ1) is 20.4. The molecule has 2 aromatic rings. The molecule has 1 aromatic carbocycles. The molecule has 30 heavy (non-hydrogen) atoms. The minimum absolute atomic E-state index is 0.0713. The predicted octanol–water partition coefficient (Wildman–Crippen LogP) is 4.54. The Morgan fingerprint density at radius 3 is 2.50 bits per heavy atom. The third-order valence-electron chi connectivity index (χ3n) is 5.18. The first-order valence-corrected chi connectivity index (χ1v) is 9.48. The molecule has 1 saturated carbocycles. The van der Waals surface area contributed by atoms with E-state index >= 15 is 0 Å². The number of hydrogen-bond donors (Lipinski definition) is 1. The number of rotatable bonds is 5. The third-order valence-corrected chi connectivity index (χ3v) is 5.18. The van der Waals surface area contributed by atoms with Crippen molar-refractivity contribution in [3.8, 4) is 11.1 Å². The maximum Gasteiger partial charge on any atom is 0.422 e. The highest BCUT2D eigenvalue weighted by molar-refractivity contribution is 5.68. The van der Waals surface area contributed by atoms with Crippen molar-refractivity contribution in [2.75, 3.05) is 6.61 Å². The number of pyridine rings is 1. The molecule has 0 bridgehead atoms. The van der Waals surface area contributed by atoms with Crippen LogP contribution in [0.4, 0.5) is 17.6 Å². The molecule has 2 aliphatic carbocycles. The van der Waals surface area contributed by atoms with Gasteiger partial charge in [0, 0.05) is 18.2 Å². The minimum atomic E-state index is -4.59. The van der Waals surface area contributed by atoms with Crippen LogP contribution in [0.15, 0.2) is 65.3 Å². The van der Waals surface area contributed by atoms with Crippen LogP contribution in [0, 0.1) is 0 Å². The van der Waals surface area contributed by atoms with Gasteiger partial charge < -0.3 is 9.84 Å². The van der Waals surface area contributed by atoms with E-state index in [4.69, 9.17) is 4.74 Å². The van der Waals surface area contributed by atoms with Crippen LogP contribution in [0.5, 0.6) is 0 Å². The van der Waals surface area contributed by atoms with E-state index in [-0.39, 0.29) is 17.9 Å². The number of allylic oxidation sites excluding steroid dienone is 3. The van der Waals surface area contributed by atoms with E-state index in [0.717, 1.165) is 16.2 Å². The van der Waals surface area contributed by atoms with E-state index < -0.39 is 30.1 Å². The van der Waals surface area contributed by atoms with Crippen molar-refractivity contribution >= 4 is 5.70 Å². The van der Waals surface area contributed by atoms with E-state index in [2.05, 4.69) is 0 Å². The van der Waals surface area contributed by atoms with Crippen molar-refractivity contribution < 1.29 is 27.4 Å². The highest BCUT2D eigenvalue weighted by Gasteiger charge is 2.41. The summed E-state index contributed by atoms with van der Waals surface area (Å²) in [5, 5.41) is 10.2. The molecule has 0 radical (unpaired) electrons. The number of benzene rings is 1. The van der Waals surface area contributed by atoms with Crippen LogP contribution >= 0.6 is 0 Å². The molecule has 1 aromatic heterocycles. The Balaban J connectivity index is 1.66. The zero-order chi connectivity index (χ0) is 21.5. The molecule has 8 heteroatoms. The summed E-state index contributed by atoms with van der Waals surface area (Å²) in [5.74, 6) is -0.323. The predicted molar refractivity (Wildman–Crippen MR) is 103 cm³/mol. The molecular formula is C22H19F4NO3. The first-order valence-electron chi connectivity index (χ1n) is 9.48. The molecule has 1 fully saturated rings. The molecule has 1 heterocycles. The summed E-state index contributed by atoms with van der Waals surface area (Å²) >= 11 is 0. The lowest BCUT2D eigenvalue weighted by molar-refractivity contribution is -0.163. The van der Waals surface area contributed by atoms with Gasteiger partial charge in [-0.15, -0.1) is 0 Å². The smallest absolute Gasteiger partial charge is 0.422 e. The summed E-state index contributed by atoms with van der Waals surface area (Å²) in [4.78, 5) is 13.1. The van der Waals surface area contributed by atoms with Gasteiger partial charge in [-0.3, -0.25) is 9.36 Å². The number of nitrogens with zero attached hydrogens (tertiary/aromatic N) is 1. The van der Waals surface area contributed by atoms with E-state index in [1.54, 1.807) is 36.4 Å². The third kappa shape index (κ3) is 4.18. The number of aliphatic hydroxyl groups is 1. The molecule has 0 aliphatic heterocycles. The Morgan fingerprint density at radius 1 is 1.17 bits per heavy atom. The topological polar surface area (TPSA) is 51.5 Å². The molecule has 0 saturated heterocycles. The van der Waals surface area contributed by atoms with Crippen LogP contribution in [-0.4, -0.2) is 28.6 Å². The Bertz CT molecular complexity index is 1060. The SMILES string of the molecule is O=c1c(-c2ccc(C3(O)CC3)cc2)cccn1C1=CCC(F)C=C1OCC(F)(F)F. The fourth-order valence-corrected chi connectivity index (χ4v) is 3.41. The zero-order valence-electron chi connectivity index (χ0n) is 15.8. The molecule has 1 N–H and O–H groups in total. The summed E-state index contributed by atoms with van der Waals surface area (Å²) in [5.41, 5.74) is 0.511. The van der Waals surface area contributed by atoms with E-state index in [1.165, 1.54) is 12.3 Å². The van der Waals surface area contributed by atoms with Crippen LogP contribution in [0.3, 0.4) is 0 Å². The van der Waals surface area contributed by atoms with Crippen molar-refractivity contribution in [1.29, 1.82) is 0 Å². The maximum atomic E-state index is 13.7. The molecule has 0 spiro atoms. The molecule has 1 unspecified atom stereocenters. The number of alkyl halides is 4. The highest BCUT2D eigenvalue weighted by atomic mass is 19.4. The monoisotopic (exact) mass is 421 g/mol. The lowest BCUT2D eigenvalue weighted by Gasteiger charge is -2.21. The van der Waals surface area contributed by atoms with Crippen molar-refractivity contribution in [3.05, 3.63) is 76.4 Å². The van der Waals surface area contributed by atoms with E-state index in [1.807, 2.05) is 0 Å². The fourth-order valence-electron chi connectivity index (χ4n) is 3.41. The molecule has 158 valence electrons. The normalized spacial score (nSPS) is 20.4. The van der Waals surface area contributed by atoms with Gasteiger partial charge in [0.1, 0.15) is 11.9 Å². The minimum Gasteiger partial charge on any atom is -0.482 e. The van der Waals surface area contributed by atoms with E-state index in [0.29, 0.717) is 24.0 Å². The van der Waals surface area contributed by atoms with Gasteiger partial charge >= 0.3 is 6.18 Å². The molecule has 4 rings (SSSR count). The van der Waals surface area contributed by atoms with Gasteiger partial charge in [-0.1, -0.05) is 30.3 Å². The van der Waals surface area contributed by atoms with Crippen LogP contribution in [0.2, 0.25) is 0 Å². The fraction of sp³-hybridized carbons (Fsp3) is 0.318. The standard InChI is InChI=1S/C22H19F4NO3/c23-16-7-8-18(19(12-16)30-13-22(24,25)26)27-11-1-2-17(20(27)28)14-3-5-15(6-4-14)21(29)9-10-21/h1-6,8,11-12,16,29H,7,9-10,13H2. The average molecular weight is 421 g/mol. The number of hydrogen-bond acceptors (Lipinski definition) is 3.